The fraction of sp³-hybridized carbons (Fsp3) is 0.242. The summed E-state index contributed by atoms with van der Waals surface area (Å²) in [6.07, 6.45) is -1.34. The molecular formula is C33H26BClF4N8. The molecule has 1 saturated carbocycles. The van der Waals surface area contributed by atoms with Crippen LogP contribution in [0.25, 0.3) is 10.9 Å². The zero-order chi connectivity index (χ0) is 33.4. The highest BCUT2D eigenvalue weighted by Gasteiger charge is 2.67. The van der Waals surface area contributed by atoms with Gasteiger partial charge in [0.25, 0.3) is 0 Å². The first kappa shape index (κ1) is 32.0. The maximum absolute atomic E-state index is 14.0. The van der Waals surface area contributed by atoms with E-state index in [9.17, 15) is 28.1 Å². The van der Waals surface area contributed by atoms with Gasteiger partial charge in [0.2, 0.25) is 0 Å². The molecular weight excluding hydrogens is 631 g/mol. The van der Waals surface area contributed by atoms with Crippen LogP contribution in [0, 0.1) is 28.5 Å². The molecule has 14 heteroatoms. The van der Waals surface area contributed by atoms with Gasteiger partial charge in [0.15, 0.2) is 5.54 Å². The number of aromatic nitrogens is 1. The fourth-order valence-electron chi connectivity index (χ4n) is 5.72. The lowest BCUT2D eigenvalue weighted by molar-refractivity contribution is -0.195. The van der Waals surface area contributed by atoms with Gasteiger partial charge in [0.05, 0.1) is 45.0 Å². The van der Waals surface area contributed by atoms with Crippen molar-refractivity contribution >= 4 is 41.7 Å². The van der Waals surface area contributed by atoms with Crippen LogP contribution in [-0.2, 0) is 5.44 Å². The second-order valence-corrected chi connectivity index (χ2v) is 11.8. The molecule has 1 aliphatic heterocycles. The van der Waals surface area contributed by atoms with Crippen molar-refractivity contribution in [2.75, 3.05) is 10.6 Å². The second kappa shape index (κ2) is 12.3. The molecule has 4 aromatic rings. The molecule has 47 heavy (non-hydrogen) atoms. The van der Waals surface area contributed by atoms with Crippen LogP contribution in [-0.4, -0.2) is 29.6 Å². The summed E-state index contributed by atoms with van der Waals surface area (Å²) in [4.78, 5) is 4.41. The van der Waals surface area contributed by atoms with E-state index in [-0.39, 0.29) is 41.6 Å². The minimum atomic E-state index is -4.50. The quantitative estimate of drug-likeness (QED) is 0.106. The van der Waals surface area contributed by atoms with Crippen molar-refractivity contribution in [2.45, 2.75) is 48.9 Å². The first-order chi connectivity index (χ1) is 22.5. The number of alkyl halides is 3. The van der Waals surface area contributed by atoms with E-state index in [4.69, 9.17) is 19.4 Å². The molecule has 1 fully saturated rings. The van der Waals surface area contributed by atoms with Crippen LogP contribution in [0.4, 0.5) is 28.9 Å². The highest BCUT2D eigenvalue weighted by molar-refractivity contribution is 6.36. The van der Waals surface area contributed by atoms with E-state index < -0.39 is 23.0 Å². The van der Waals surface area contributed by atoms with Gasteiger partial charge < -0.3 is 16.1 Å². The molecule has 0 bridgehead atoms. The van der Waals surface area contributed by atoms with Gasteiger partial charge in [-0.05, 0) is 54.7 Å². The number of nitriles is 2. The van der Waals surface area contributed by atoms with Crippen molar-refractivity contribution < 1.29 is 17.6 Å². The number of pyridine rings is 1. The Morgan fingerprint density at radius 2 is 1.81 bits per heavy atom. The molecule has 236 valence electrons. The van der Waals surface area contributed by atoms with E-state index in [1.807, 2.05) is 30.3 Å². The lowest BCUT2D eigenvalue weighted by Crippen LogP contribution is -2.53. The van der Waals surface area contributed by atoms with E-state index in [1.165, 1.54) is 36.7 Å². The zero-order valence-electron chi connectivity index (χ0n) is 24.7. The van der Waals surface area contributed by atoms with E-state index in [0.29, 0.717) is 34.3 Å². The Labute approximate surface area is 274 Å². The third kappa shape index (κ3) is 6.00. The summed E-state index contributed by atoms with van der Waals surface area (Å²) in [7, 11) is 6.97. The standard InChI is InChI=1S/C33H26BClF4N8/c34-32(22-8-10-23(36)11-9-22,28-19-47(46-45-28)31(12-13-31)33(37,38)39)44-24-15-25-29(21(17-41)18-42-30(25)26(35)16-24)43-27(7-4-14-40)20-5-2-1-3-6-20/h1-3,5-6,8-11,15-16,18-19,27,44-46H,4,7,12-13H2,(H,42,43)/t27-,32?/m1/s1. The largest absolute Gasteiger partial charge is 0.413 e. The van der Waals surface area contributed by atoms with Gasteiger partial charge in [-0.25, -0.2) is 4.39 Å². The summed E-state index contributed by atoms with van der Waals surface area (Å²) in [5.74, 6) is -0.526. The van der Waals surface area contributed by atoms with Gasteiger partial charge >= 0.3 is 6.18 Å². The maximum atomic E-state index is 14.0. The fourth-order valence-corrected chi connectivity index (χ4v) is 5.99. The summed E-state index contributed by atoms with van der Waals surface area (Å²) in [5.41, 5.74) is 4.26. The molecule has 4 N–H and O–H groups in total. The molecule has 2 atom stereocenters. The smallest absolute Gasteiger partial charge is 0.378 e. The van der Waals surface area contributed by atoms with Crippen LogP contribution in [0.3, 0.4) is 0 Å². The first-order valence-corrected chi connectivity index (χ1v) is 15.0. The second-order valence-electron chi connectivity index (χ2n) is 11.4. The van der Waals surface area contributed by atoms with Crippen LogP contribution >= 0.6 is 11.6 Å². The van der Waals surface area contributed by atoms with Crippen LogP contribution in [0.2, 0.25) is 5.02 Å². The summed E-state index contributed by atoms with van der Waals surface area (Å²) < 4.78 is 55.8. The topological polar surface area (TPSA) is 112 Å². The number of rotatable bonds is 10. The average molecular weight is 657 g/mol. The Kier molecular flexibility index (Phi) is 8.39. The van der Waals surface area contributed by atoms with Gasteiger partial charge in [-0.2, -0.15) is 23.7 Å². The van der Waals surface area contributed by atoms with E-state index in [1.54, 1.807) is 12.1 Å². The minimum Gasteiger partial charge on any atom is -0.378 e. The molecule has 8 nitrogen and oxygen atoms in total. The first-order valence-electron chi connectivity index (χ1n) is 14.6. The Balaban J connectivity index is 1.44. The molecule has 0 saturated heterocycles. The Hall–Kier alpha value is -4.98. The number of nitrogens with zero attached hydrogens (tertiary/aromatic N) is 4. The molecule has 1 aliphatic carbocycles. The van der Waals surface area contributed by atoms with Gasteiger partial charge in [0.1, 0.15) is 19.7 Å². The van der Waals surface area contributed by atoms with E-state index in [2.05, 4.69) is 38.7 Å². The third-order valence-electron chi connectivity index (χ3n) is 8.46. The van der Waals surface area contributed by atoms with Gasteiger partial charge in [-0.3, -0.25) is 9.99 Å². The monoisotopic (exact) mass is 656 g/mol. The lowest BCUT2D eigenvalue weighted by atomic mass is 9.69. The number of hydrogen-bond acceptors (Lipinski definition) is 8. The Bertz CT molecular complexity index is 1920. The van der Waals surface area contributed by atoms with Crippen LogP contribution in [0.5, 0.6) is 0 Å². The summed E-state index contributed by atoms with van der Waals surface area (Å²) in [6.45, 7) is 0. The molecule has 6 rings (SSSR count). The molecule has 0 spiro atoms. The number of anilines is 2. The summed E-state index contributed by atoms with van der Waals surface area (Å²) >= 11 is 6.74. The van der Waals surface area contributed by atoms with Crippen molar-refractivity contribution in [3.63, 3.8) is 0 Å². The van der Waals surface area contributed by atoms with Gasteiger partial charge in [0, 0.05) is 29.9 Å². The number of hydrogen-bond donors (Lipinski definition) is 4. The minimum absolute atomic E-state index is 0.0981. The summed E-state index contributed by atoms with van der Waals surface area (Å²) in [6, 6.07) is 21.9. The molecule has 2 aliphatic rings. The van der Waals surface area contributed by atoms with E-state index >= 15 is 0 Å². The Morgan fingerprint density at radius 3 is 2.45 bits per heavy atom. The summed E-state index contributed by atoms with van der Waals surface area (Å²) in [5, 5.41) is 27.6. The van der Waals surface area contributed by atoms with Crippen molar-refractivity contribution in [1.29, 1.82) is 10.5 Å². The predicted molar refractivity (Wildman–Crippen MR) is 171 cm³/mol. The predicted octanol–water partition coefficient (Wildman–Crippen LogP) is 7.05. The molecule has 1 unspecified atom stereocenters. The van der Waals surface area contributed by atoms with Crippen molar-refractivity contribution in [2.24, 2.45) is 0 Å². The number of benzene rings is 3. The van der Waals surface area contributed by atoms with Gasteiger partial charge in [-0.15, -0.1) is 5.53 Å². The number of fused-ring (bicyclic) bond motifs is 1. The average Bonchev–Trinajstić information content (AvgIpc) is 3.73. The third-order valence-corrected chi connectivity index (χ3v) is 8.75. The highest BCUT2D eigenvalue weighted by Crippen LogP contribution is 2.54. The van der Waals surface area contributed by atoms with Gasteiger partial charge in [-0.1, -0.05) is 54.1 Å². The van der Waals surface area contributed by atoms with E-state index in [0.717, 1.165) is 10.6 Å². The highest BCUT2D eigenvalue weighted by atomic mass is 35.5. The molecule has 3 aromatic carbocycles. The Morgan fingerprint density at radius 1 is 1.09 bits per heavy atom. The van der Waals surface area contributed by atoms with Crippen molar-refractivity contribution in [1.82, 2.24) is 21.0 Å². The number of nitrogens with one attached hydrogen (secondary N) is 4. The number of hydrazine groups is 2. The van der Waals surface area contributed by atoms with Crippen molar-refractivity contribution in [3.8, 4) is 12.1 Å². The van der Waals surface area contributed by atoms with Crippen LogP contribution in [0.15, 0.2) is 84.8 Å². The molecule has 1 aromatic heterocycles. The molecule has 0 amide bonds. The SMILES string of the molecule is [B]C(Nc1cc(Cl)c2ncc(C#N)c(N[C@H](CCC#N)c3ccccc3)c2c1)(C1=CN(C2(C(F)(F)F)CC2)NN1)c1ccc(F)cc1. The maximum Gasteiger partial charge on any atom is 0.413 e. The number of halogens is 5. The lowest BCUT2D eigenvalue weighted by Gasteiger charge is -2.34. The zero-order valence-corrected chi connectivity index (χ0v) is 25.4. The van der Waals surface area contributed by atoms with Crippen molar-refractivity contribution in [3.05, 3.63) is 112 Å². The van der Waals surface area contributed by atoms with Crippen LogP contribution < -0.4 is 21.6 Å². The van der Waals surface area contributed by atoms with Crippen LogP contribution in [0.1, 0.15) is 48.4 Å². The molecule has 2 heterocycles. The normalized spacial score (nSPS) is 17.1. The molecule has 2 radical (unpaired) electrons.